The molecule has 0 amide bonds. The second kappa shape index (κ2) is 7.55. The topological polar surface area (TPSA) is 38.0 Å². The Balaban J connectivity index is 2.59. The monoisotopic (exact) mass is 248 g/mol. The lowest BCUT2D eigenvalue weighted by atomic mass is 9.93. The first-order chi connectivity index (χ1) is 8.56. The number of nitrogens with two attached hydrogens (primary N) is 1. The standard InChI is InChI=1S/C16H28N2/c1-5-6-12(2)9-16(18-17)11-15-8-7-13(3)14(4)10-15/h7-8,10,12,16,18H,5-6,9,11,17H2,1-4H3. The van der Waals surface area contributed by atoms with Crippen LogP contribution in [0.15, 0.2) is 18.2 Å². The van der Waals surface area contributed by atoms with Crippen LogP contribution < -0.4 is 11.3 Å². The van der Waals surface area contributed by atoms with Crippen molar-refractivity contribution in [2.75, 3.05) is 0 Å². The highest BCUT2D eigenvalue weighted by molar-refractivity contribution is 5.30. The second-order valence-electron chi connectivity index (χ2n) is 5.62. The number of rotatable bonds is 7. The van der Waals surface area contributed by atoms with Crippen LogP contribution in [0.25, 0.3) is 0 Å². The van der Waals surface area contributed by atoms with E-state index in [4.69, 9.17) is 5.84 Å². The van der Waals surface area contributed by atoms with Gasteiger partial charge in [-0.3, -0.25) is 11.3 Å². The maximum Gasteiger partial charge on any atom is 0.0253 e. The summed E-state index contributed by atoms with van der Waals surface area (Å²) in [7, 11) is 0. The first-order valence-electron chi connectivity index (χ1n) is 7.09. The summed E-state index contributed by atoms with van der Waals surface area (Å²) < 4.78 is 0. The molecule has 1 rings (SSSR count). The molecule has 0 aliphatic heterocycles. The fraction of sp³-hybridized carbons (Fsp3) is 0.625. The number of aryl methyl sites for hydroxylation is 2. The van der Waals surface area contributed by atoms with E-state index in [1.807, 2.05) is 0 Å². The predicted octanol–water partition coefficient (Wildman–Crippen LogP) is 3.50. The van der Waals surface area contributed by atoms with Crippen LogP contribution in [-0.2, 0) is 6.42 Å². The van der Waals surface area contributed by atoms with Gasteiger partial charge in [-0.1, -0.05) is 44.9 Å². The van der Waals surface area contributed by atoms with Crippen LogP contribution in [0.3, 0.4) is 0 Å². The maximum atomic E-state index is 5.68. The molecule has 2 heteroatoms. The average molecular weight is 248 g/mol. The van der Waals surface area contributed by atoms with Crippen molar-refractivity contribution in [1.82, 2.24) is 5.43 Å². The summed E-state index contributed by atoms with van der Waals surface area (Å²) in [6.07, 6.45) is 4.70. The Morgan fingerprint density at radius 3 is 2.50 bits per heavy atom. The summed E-state index contributed by atoms with van der Waals surface area (Å²) in [5.41, 5.74) is 7.08. The molecule has 0 aliphatic carbocycles. The lowest BCUT2D eigenvalue weighted by molar-refractivity contribution is 0.385. The van der Waals surface area contributed by atoms with Crippen molar-refractivity contribution in [2.24, 2.45) is 11.8 Å². The molecule has 18 heavy (non-hydrogen) atoms. The highest BCUT2D eigenvalue weighted by atomic mass is 15.2. The van der Waals surface area contributed by atoms with Gasteiger partial charge in [0.05, 0.1) is 0 Å². The van der Waals surface area contributed by atoms with Gasteiger partial charge in [-0.25, -0.2) is 0 Å². The van der Waals surface area contributed by atoms with Crippen LogP contribution in [0.2, 0.25) is 0 Å². The van der Waals surface area contributed by atoms with Gasteiger partial charge in [-0.2, -0.15) is 0 Å². The smallest absolute Gasteiger partial charge is 0.0253 e. The molecule has 0 spiro atoms. The summed E-state index contributed by atoms with van der Waals surface area (Å²) in [5.74, 6) is 6.42. The molecule has 1 aromatic carbocycles. The molecule has 0 fully saturated rings. The summed E-state index contributed by atoms with van der Waals surface area (Å²) in [6.45, 7) is 8.88. The minimum atomic E-state index is 0.383. The lowest BCUT2D eigenvalue weighted by Crippen LogP contribution is -2.38. The van der Waals surface area contributed by atoms with Crippen LogP contribution in [0, 0.1) is 19.8 Å². The van der Waals surface area contributed by atoms with Gasteiger partial charge in [0, 0.05) is 6.04 Å². The summed E-state index contributed by atoms with van der Waals surface area (Å²) in [4.78, 5) is 0. The molecule has 0 radical (unpaired) electrons. The maximum absolute atomic E-state index is 5.68. The van der Waals surface area contributed by atoms with Crippen molar-refractivity contribution in [3.05, 3.63) is 34.9 Å². The summed E-state index contributed by atoms with van der Waals surface area (Å²) in [6, 6.07) is 7.09. The number of hydrogen-bond donors (Lipinski definition) is 2. The molecular weight excluding hydrogens is 220 g/mol. The van der Waals surface area contributed by atoms with E-state index >= 15 is 0 Å². The third kappa shape index (κ3) is 4.79. The minimum Gasteiger partial charge on any atom is -0.271 e. The number of benzene rings is 1. The lowest BCUT2D eigenvalue weighted by Gasteiger charge is -2.20. The summed E-state index contributed by atoms with van der Waals surface area (Å²) in [5, 5.41) is 0. The van der Waals surface area contributed by atoms with Crippen molar-refractivity contribution in [2.45, 2.75) is 59.4 Å². The van der Waals surface area contributed by atoms with Crippen LogP contribution >= 0.6 is 0 Å². The molecule has 0 aliphatic rings. The van der Waals surface area contributed by atoms with Crippen molar-refractivity contribution in [3.8, 4) is 0 Å². The van der Waals surface area contributed by atoms with Gasteiger partial charge < -0.3 is 0 Å². The molecule has 1 aromatic rings. The largest absolute Gasteiger partial charge is 0.271 e. The third-order valence-corrected chi connectivity index (χ3v) is 3.76. The van der Waals surface area contributed by atoms with Crippen LogP contribution in [0.5, 0.6) is 0 Å². The molecule has 0 saturated heterocycles. The SMILES string of the molecule is CCCC(C)CC(Cc1ccc(C)c(C)c1)NN. The third-order valence-electron chi connectivity index (χ3n) is 3.76. The quantitative estimate of drug-likeness (QED) is 0.572. The van der Waals surface area contributed by atoms with E-state index in [1.54, 1.807) is 0 Å². The Hall–Kier alpha value is -0.860. The van der Waals surface area contributed by atoms with E-state index in [1.165, 1.54) is 29.5 Å². The zero-order valence-corrected chi connectivity index (χ0v) is 12.3. The zero-order valence-electron chi connectivity index (χ0n) is 12.3. The molecule has 2 atom stereocenters. The van der Waals surface area contributed by atoms with Gasteiger partial charge in [-0.05, 0) is 49.3 Å². The van der Waals surface area contributed by atoms with Crippen LogP contribution in [0.1, 0.15) is 49.8 Å². The van der Waals surface area contributed by atoms with E-state index in [-0.39, 0.29) is 0 Å². The number of hydrogen-bond acceptors (Lipinski definition) is 2. The molecule has 3 N–H and O–H groups in total. The van der Waals surface area contributed by atoms with Gasteiger partial charge in [0.1, 0.15) is 0 Å². The van der Waals surface area contributed by atoms with Crippen molar-refractivity contribution < 1.29 is 0 Å². The van der Waals surface area contributed by atoms with Crippen molar-refractivity contribution in [3.63, 3.8) is 0 Å². The van der Waals surface area contributed by atoms with Gasteiger partial charge in [0.25, 0.3) is 0 Å². The van der Waals surface area contributed by atoms with Gasteiger partial charge in [-0.15, -0.1) is 0 Å². The van der Waals surface area contributed by atoms with E-state index < -0.39 is 0 Å². The molecule has 0 saturated carbocycles. The molecule has 0 bridgehead atoms. The second-order valence-corrected chi connectivity index (χ2v) is 5.62. The number of nitrogens with one attached hydrogen (secondary N) is 1. The molecule has 0 heterocycles. The first-order valence-corrected chi connectivity index (χ1v) is 7.09. The first kappa shape index (κ1) is 15.2. The molecule has 2 unspecified atom stereocenters. The van der Waals surface area contributed by atoms with Gasteiger partial charge in [0.2, 0.25) is 0 Å². The van der Waals surface area contributed by atoms with Gasteiger partial charge >= 0.3 is 0 Å². The van der Waals surface area contributed by atoms with E-state index in [0.29, 0.717) is 6.04 Å². The van der Waals surface area contributed by atoms with E-state index in [2.05, 4.69) is 51.3 Å². The average Bonchev–Trinajstić information content (AvgIpc) is 2.33. The highest BCUT2D eigenvalue weighted by Gasteiger charge is 2.12. The van der Waals surface area contributed by atoms with Gasteiger partial charge in [0.15, 0.2) is 0 Å². The number of hydrazine groups is 1. The Labute approximate surface area is 112 Å². The Morgan fingerprint density at radius 1 is 1.22 bits per heavy atom. The molecule has 2 nitrogen and oxygen atoms in total. The fourth-order valence-corrected chi connectivity index (χ4v) is 2.52. The minimum absolute atomic E-state index is 0.383. The predicted molar refractivity (Wildman–Crippen MR) is 79.4 cm³/mol. The Morgan fingerprint density at radius 2 is 1.94 bits per heavy atom. The molecule has 0 aromatic heterocycles. The normalized spacial score (nSPS) is 14.5. The molecule has 102 valence electrons. The Kier molecular flexibility index (Phi) is 6.37. The summed E-state index contributed by atoms with van der Waals surface area (Å²) >= 11 is 0. The van der Waals surface area contributed by atoms with Crippen LogP contribution in [-0.4, -0.2) is 6.04 Å². The zero-order chi connectivity index (χ0) is 13.5. The van der Waals surface area contributed by atoms with Crippen LogP contribution in [0.4, 0.5) is 0 Å². The van der Waals surface area contributed by atoms with E-state index in [0.717, 1.165) is 18.8 Å². The van der Waals surface area contributed by atoms with Crippen molar-refractivity contribution in [1.29, 1.82) is 0 Å². The fourth-order valence-electron chi connectivity index (χ4n) is 2.52. The Bertz CT molecular complexity index is 360. The van der Waals surface area contributed by atoms with E-state index in [9.17, 15) is 0 Å². The highest BCUT2D eigenvalue weighted by Crippen LogP contribution is 2.17. The molecular formula is C16H28N2. The van der Waals surface area contributed by atoms with Crippen molar-refractivity contribution >= 4 is 0 Å².